The Hall–Kier alpha value is -2.71. The van der Waals surface area contributed by atoms with Crippen LogP contribution in [0.5, 0.6) is 0 Å². The largest absolute Gasteiger partial charge is 0.350 e. The normalized spacial score (nSPS) is 25.9. The Morgan fingerprint density at radius 2 is 1.72 bits per heavy atom. The zero-order valence-corrected chi connectivity index (χ0v) is 19.2. The second-order valence-electron chi connectivity index (χ2n) is 8.77. The molecule has 0 aliphatic carbocycles. The summed E-state index contributed by atoms with van der Waals surface area (Å²) in [5.74, 6) is -0.354. The number of piperazine rings is 1. The highest BCUT2D eigenvalue weighted by Crippen LogP contribution is 2.38. The van der Waals surface area contributed by atoms with Gasteiger partial charge in [0.15, 0.2) is 0 Å². The smallest absolute Gasteiger partial charge is 0.254 e. The Balaban J connectivity index is 1.50. The molecule has 2 aliphatic heterocycles. The maximum atomic E-state index is 13.4. The number of rotatable bonds is 4. The van der Waals surface area contributed by atoms with E-state index in [2.05, 4.69) is 5.32 Å². The molecule has 0 spiro atoms. The number of amides is 2. The summed E-state index contributed by atoms with van der Waals surface area (Å²) in [6, 6.07) is 16.2. The van der Waals surface area contributed by atoms with Crippen LogP contribution in [0.4, 0.5) is 0 Å². The highest BCUT2D eigenvalue weighted by Gasteiger charge is 2.40. The van der Waals surface area contributed by atoms with Gasteiger partial charge in [-0.15, -0.1) is 0 Å². The molecular weight excluding hydrogens is 426 g/mol. The van der Waals surface area contributed by atoms with Gasteiger partial charge in [0.05, 0.1) is 6.54 Å². The summed E-state index contributed by atoms with van der Waals surface area (Å²) in [5.41, 5.74) is 2.15. The second-order valence-corrected chi connectivity index (χ2v) is 10.8. The fourth-order valence-electron chi connectivity index (χ4n) is 4.56. The van der Waals surface area contributed by atoms with E-state index < -0.39 is 15.3 Å². The first kappa shape index (κ1) is 22.5. The summed E-state index contributed by atoms with van der Waals surface area (Å²) < 4.78 is 28.4. The van der Waals surface area contributed by atoms with Gasteiger partial charge in [-0.1, -0.05) is 42.5 Å². The van der Waals surface area contributed by atoms with E-state index in [-0.39, 0.29) is 37.0 Å². The number of hydrogen-bond acceptors (Lipinski definition) is 4. The van der Waals surface area contributed by atoms with Gasteiger partial charge in [0.25, 0.3) is 5.91 Å². The number of hydrogen-bond donors (Lipinski definition) is 1. The SMILES string of the molecule is CC1CN(C(=O)c2ccc(CN3[C@@H](C)CCC(c4ccccc4)S3(=O)=O)cc2)CC(=O)N1. The highest BCUT2D eigenvalue weighted by atomic mass is 32.2. The van der Waals surface area contributed by atoms with Crippen LogP contribution in [0.1, 0.15) is 53.4 Å². The van der Waals surface area contributed by atoms with Crippen LogP contribution in [0.3, 0.4) is 0 Å². The molecule has 32 heavy (non-hydrogen) atoms. The molecule has 2 unspecified atom stereocenters. The van der Waals surface area contributed by atoms with E-state index >= 15 is 0 Å². The third kappa shape index (κ3) is 4.56. The minimum absolute atomic E-state index is 0.0509. The van der Waals surface area contributed by atoms with Crippen LogP contribution in [-0.2, 0) is 21.4 Å². The predicted molar refractivity (Wildman–Crippen MR) is 122 cm³/mol. The third-order valence-corrected chi connectivity index (χ3v) is 8.63. The topological polar surface area (TPSA) is 86.8 Å². The van der Waals surface area contributed by atoms with Crippen molar-refractivity contribution in [3.63, 3.8) is 0 Å². The first-order valence-electron chi connectivity index (χ1n) is 11.0. The Bertz CT molecular complexity index is 1090. The Morgan fingerprint density at radius 1 is 1.03 bits per heavy atom. The quantitative estimate of drug-likeness (QED) is 0.768. The van der Waals surface area contributed by atoms with Gasteiger partial charge in [-0.2, -0.15) is 4.31 Å². The fourth-order valence-corrected chi connectivity index (χ4v) is 6.75. The number of nitrogens with one attached hydrogen (secondary N) is 1. The average molecular weight is 456 g/mol. The molecule has 0 saturated carbocycles. The molecule has 1 N–H and O–H groups in total. The van der Waals surface area contributed by atoms with Gasteiger partial charge in [0, 0.05) is 30.7 Å². The number of nitrogens with zero attached hydrogens (tertiary/aromatic N) is 2. The van der Waals surface area contributed by atoms with Gasteiger partial charge in [0.2, 0.25) is 15.9 Å². The maximum Gasteiger partial charge on any atom is 0.254 e. The van der Waals surface area contributed by atoms with Crippen molar-refractivity contribution in [1.29, 1.82) is 0 Å². The van der Waals surface area contributed by atoms with E-state index in [0.29, 0.717) is 18.5 Å². The Labute approximate surface area is 189 Å². The summed E-state index contributed by atoms with van der Waals surface area (Å²) in [6.45, 7) is 4.60. The van der Waals surface area contributed by atoms with Gasteiger partial charge < -0.3 is 10.2 Å². The monoisotopic (exact) mass is 455 g/mol. The lowest BCUT2D eigenvalue weighted by atomic mass is 10.0. The van der Waals surface area contributed by atoms with Crippen molar-refractivity contribution in [3.05, 3.63) is 71.3 Å². The molecule has 2 fully saturated rings. The van der Waals surface area contributed by atoms with E-state index in [1.807, 2.05) is 44.2 Å². The zero-order chi connectivity index (χ0) is 22.9. The van der Waals surface area contributed by atoms with Gasteiger partial charge in [-0.25, -0.2) is 8.42 Å². The number of sulfonamides is 1. The van der Waals surface area contributed by atoms with Crippen molar-refractivity contribution in [2.75, 3.05) is 13.1 Å². The van der Waals surface area contributed by atoms with Gasteiger partial charge in [-0.05, 0) is 49.9 Å². The van der Waals surface area contributed by atoms with E-state index in [0.717, 1.165) is 17.5 Å². The zero-order valence-electron chi connectivity index (χ0n) is 18.4. The van der Waals surface area contributed by atoms with Gasteiger partial charge >= 0.3 is 0 Å². The molecular formula is C24H29N3O4S. The second kappa shape index (κ2) is 9.03. The summed E-state index contributed by atoms with van der Waals surface area (Å²) >= 11 is 0. The molecule has 2 saturated heterocycles. The average Bonchev–Trinajstić information content (AvgIpc) is 2.76. The third-order valence-electron chi connectivity index (χ3n) is 6.26. The van der Waals surface area contributed by atoms with Gasteiger partial charge in [0.1, 0.15) is 5.25 Å². The molecule has 2 aromatic carbocycles. The van der Waals surface area contributed by atoms with Crippen LogP contribution in [0.2, 0.25) is 0 Å². The molecule has 2 aliphatic rings. The van der Waals surface area contributed by atoms with Crippen molar-refractivity contribution in [3.8, 4) is 0 Å². The molecule has 2 amide bonds. The van der Waals surface area contributed by atoms with Crippen molar-refractivity contribution in [2.45, 2.75) is 50.6 Å². The summed E-state index contributed by atoms with van der Waals surface area (Å²) in [7, 11) is -3.51. The number of carbonyl (C=O) groups is 2. The van der Waals surface area contributed by atoms with E-state index in [4.69, 9.17) is 0 Å². The fraction of sp³-hybridized carbons (Fsp3) is 0.417. The molecule has 0 aromatic heterocycles. The number of carbonyl (C=O) groups excluding carboxylic acids is 2. The summed E-state index contributed by atoms with van der Waals surface area (Å²) in [6.07, 6.45) is 1.41. The lowest BCUT2D eigenvalue weighted by Crippen LogP contribution is -2.54. The maximum absolute atomic E-state index is 13.4. The Morgan fingerprint density at radius 3 is 2.38 bits per heavy atom. The molecule has 2 heterocycles. The lowest BCUT2D eigenvalue weighted by Gasteiger charge is -2.37. The van der Waals surface area contributed by atoms with Crippen molar-refractivity contribution < 1.29 is 18.0 Å². The lowest BCUT2D eigenvalue weighted by molar-refractivity contribution is -0.124. The van der Waals surface area contributed by atoms with E-state index in [9.17, 15) is 18.0 Å². The van der Waals surface area contributed by atoms with Crippen LogP contribution in [-0.4, -0.2) is 54.6 Å². The van der Waals surface area contributed by atoms with E-state index in [1.54, 1.807) is 33.5 Å². The van der Waals surface area contributed by atoms with Crippen LogP contribution < -0.4 is 5.32 Å². The minimum atomic E-state index is -3.51. The van der Waals surface area contributed by atoms with Crippen molar-refractivity contribution >= 4 is 21.8 Å². The molecule has 0 radical (unpaired) electrons. The molecule has 8 heteroatoms. The van der Waals surface area contributed by atoms with Crippen LogP contribution >= 0.6 is 0 Å². The van der Waals surface area contributed by atoms with Gasteiger partial charge in [-0.3, -0.25) is 9.59 Å². The molecule has 3 atom stereocenters. The molecule has 4 rings (SSSR count). The van der Waals surface area contributed by atoms with Crippen LogP contribution in [0.15, 0.2) is 54.6 Å². The molecule has 2 aromatic rings. The highest BCUT2D eigenvalue weighted by molar-refractivity contribution is 7.89. The standard InChI is InChI=1S/C24H29N3O4S/c1-17-14-26(16-23(28)25-17)24(29)21-11-9-19(10-12-21)15-27-18(2)8-13-22(32(27,30)31)20-6-4-3-5-7-20/h3-7,9-12,17-18,22H,8,13-16H2,1-2H3,(H,25,28)/t17?,18-,22?/m0/s1. The minimum Gasteiger partial charge on any atom is -0.350 e. The molecule has 170 valence electrons. The Kier molecular flexibility index (Phi) is 6.35. The summed E-state index contributed by atoms with van der Waals surface area (Å²) in [5, 5.41) is 2.27. The van der Waals surface area contributed by atoms with Crippen LogP contribution in [0.25, 0.3) is 0 Å². The first-order chi connectivity index (χ1) is 15.3. The van der Waals surface area contributed by atoms with Crippen LogP contribution in [0, 0.1) is 0 Å². The number of benzene rings is 2. The summed E-state index contributed by atoms with van der Waals surface area (Å²) in [4.78, 5) is 26.1. The predicted octanol–water partition coefficient (Wildman–Crippen LogP) is 2.70. The first-order valence-corrected chi connectivity index (χ1v) is 12.5. The molecule has 7 nitrogen and oxygen atoms in total. The van der Waals surface area contributed by atoms with Crippen molar-refractivity contribution in [1.82, 2.24) is 14.5 Å². The molecule has 0 bridgehead atoms. The van der Waals surface area contributed by atoms with Crippen molar-refractivity contribution in [2.24, 2.45) is 0 Å². The van der Waals surface area contributed by atoms with E-state index in [1.165, 1.54) is 0 Å².